The number of amides is 1. The summed E-state index contributed by atoms with van der Waals surface area (Å²) in [6.45, 7) is 0.839. The van der Waals surface area contributed by atoms with Gasteiger partial charge in [-0.3, -0.25) is 4.98 Å². The fourth-order valence-corrected chi connectivity index (χ4v) is 4.24. The zero-order chi connectivity index (χ0) is 24.6. The molecule has 1 amide bonds. The molecule has 0 unspecified atom stereocenters. The van der Waals surface area contributed by atoms with E-state index in [-0.39, 0.29) is 24.5 Å². The molecule has 5 rings (SSSR count). The zero-order valence-corrected chi connectivity index (χ0v) is 18.4. The van der Waals surface area contributed by atoms with E-state index in [1.807, 2.05) is 30.5 Å². The van der Waals surface area contributed by atoms with Gasteiger partial charge < -0.3 is 20.3 Å². The number of rotatable bonds is 5. The van der Waals surface area contributed by atoms with Gasteiger partial charge >= 0.3 is 12.3 Å². The first-order valence-corrected chi connectivity index (χ1v) is 11.0. The fraction of sp³-hybridized carbons (Fsp3) is 0.250. The average Bonchev–Trinajstić information content (AvgIpc) is 3.26. The number of hydrogen-bond acceptors (Lipinski definition) is 5. The number of benzene rings is 1. The van der Waals surface area contributed by atoms with Crippen molar-refractivity contribution in [2.75, 3.05) is 18.4 Å². The SMILES string of the molecule is O=C(O)N1CCc2c(nc(-c3cncc(C(F)(F)F)c3)nc2NCCc2c[nH]c3ccccc23)C1. The van der Waals surface area contributed by atoms with Crippen LogP contribution < -0.4 is 5.32 Å². The van der Waals surface area contributed by atoms with Gasteiger partial charge in [0.25, 0.3) is 0 Å². The van der Waals surface area contributed by atoms with E-state index in [0.29, 0.717) is 30.9 Å². The van der Waals surface area contributed by atoms with Gasteiger partial charge in [0.2, 0.25) is 0 Å². The van der Waals surface area contributed by atoms with Crippen LogP contribution in [-0.4, -0.2) is 49.1 Å². The maximum atomic E-state index is 13.2. The van der Waals surface area contributed by atoms with Crippen molar-refractivity contribution in [1.29, 1.82) is 0 Å². The van der Waals surface area contributed by atoms with E-state index in [9.17, 15) is 23.1 Å². The number of fused-ring (bicyclic) bond motifs is 2. The Morgan fingerprint density at radius 3 is 2.83 bits per heavy atom. The first-order valence-electron chi connectivity index (χ1n) is 11.0. The van der Waals surface area contributed by atoms with Crippen molar-refractivity contribution in [3.63, 3.8) is 0 Å². The van der Waals surface area contributed by atoms with Gasteiger partial charge in [-0.1, -0.05) is 18.2 Å². The molecule has 3 N–H and O–H groups in total. The second-order valence-electron chi connectivity index (χ2n) is 8.27. The lowest BCUT2D eigenvalue weighted by Gasteiger charge is -2.27. The summed E-state index contributed by atoms with van der Waals surface area (Å²) in [5.41, 5.74) is 2.60. The molecule has 0 saturated carbocycles. The largest absolute Gasteiger partial charge is 0.465 e. The Morgan fingerprint density at radius 2 is 2.03 bits per heavy atom. The Kier molecular flexibility index (Phi) is 5.75. The molecule has 0 aliphatic carbocycles. The second-order valence-corrected chi connectivity index (χ2v) is 8.27. The van der Waals surface area contributed by atoms with Crippen LogP contribution in [0.25, 0.3) is 22.3 Å². The topological polar surface area (TPSA) is 107 Å². The van der Waals surface area contributed by atoms with Crippen molar-refractivity contribution in [3.8, 4) is 11.4 Å². The van der Waals surface area contributed by atoms with Crippen LogP contribution in [-0.2, 0) is 25.6 Å². The highest BCUT2D eigenvalue weighted by atomic mass is 19.4. The van der Waals surface area contributed by atoms with Gasteiger partial charge in [0.05, 0.1) is 17.8 Å². The third-order valence-corrected chi connectivity index (χ3v) is 6.02. The van der Waals surface area contributed by atoms with Crippen molar-refractivity contribution in [1.82, 2.24) is 24.8 Å². The van der Waals surface area contributed by atoms with Crippen LogP contribution in [0.2, 0.25) is 0 Å². The van der Waals surface area contributed by atoms with E-state index < -0.39 is 17.8 Å². The first kappa shape index (κ1) is 22.6. The van der Waals surface area contributed by atoms with E-state index in [4.69, 9.17) is 0 Å². The second kappa shape index (κ2) is 8.90. The van der Waals surface area contributed by atoms with Gasteiger partial charge in [-0.25, -0.2) is 14.8 Å². The predicted octanol–water partition coefficient (Wildman–Crippen LogP) is 4.73. The van der Waals surface area contributed by atoms with Gasteiger partial charge in [0.15, 0.2) is 5.82 Å². The molecule has 0 bridgehead atoms. The number of para-hydroxylation sites is 1. The van der Waals surface area contributed by atoms with E-state index in [1.165, 1.54) is 11.1 Å². The number of alkyl halides is 3. The Morgan fingerprint density at radius 1 is 1.20 bits per heavy atom. The molecule has 0 saturated heterocycles. The number of aromatic nitrogens is 4. The molecule has 35 heavy (non-hydrogen) atoms. The van der Waals surface area contributed by atoms with Gasteiger partial charge in [0.1, 0.15) is 5.82 Å². The third-order valence-electron chi connectivity index (χ3n) is 6.02. The number of nitrogens with zero attached hydrogens (tertiary/aromatic N) is 4. The molecule has 0 spiro atoms. The summed E-state index contributed by atoms with van der Waals surface area (Å²) in [6, 6.07) is 8.90. The molecular formula is C24H21F3N6O2. The minimum atomic E-state index is -4.56. The number of carbonyl (C=O) groups is 1. The molecule has 1 aliphatic rings. The Labute approximate surface area is 197 Å². The lowest BCUT2D eigenvalue weighted by molar-refractivity contribution is -0.137. The number of hydrogen-bond donors (Lipinski definition) is 3. The maximum Gasteiger partial charge on any atom is 0.417 e. The molecule has 1 aliphatic heterocycles. The average molecular weight is 482 g/mol. The number of nitrogens with one attached hydrogen (secondary N) is 2. The molecule has 0 radical (unpaired) electrons. The number of anilines is 1. The van der Waals surface area contributed by atoms with Gasteiger partial charge in [0, 0.05) is 53.7 Å². The number of H-pyrrole nitrogens is 1. The standard InChI is InChI=1S/C24H21F3N6O2/c25-24(26,27)16-9-15(10-28-12-16)21-31-20-13-33(23(34)35)8-6-18(20)22(32-21)29-7-5-14-11-30-19-4-2-1-3-17(14)19/h1-4,9-12,30H,5-8,13H2,(H,34,35)(H,29,31,32). The molecule has 8 nitrogen and oxygen atoms in total. The van der Waals surface area contributed by atoms with Crippen molar-refractivity contribution in [2.45, 2.75) is 25.6 Å². The molecule has 0 atom stereocenters. The van der Waals surface area contributed by atoms with Crippen LogP contribution >= 0.6 is 0 Å². The van der Waals surface area contributed by atoms with E-state index >= 15 is 0 Å². The lowest BCUT2D eigenvalue weighted by atomic mass is 10.0. The Balaban J connectivity index is 1.46. The van der Waals surface area contributed by atoms with Crippen molar-refractivity contribution in [3.05, 3.63) is 71.3 Å². The predicted molar refractivity (Wildman–Crippen MR) is 123 cm³/mol. The van der Waals surface area contributed by atoms with E-state index in [1.54, 1.807) is 0 Å². The molecule has 180 valence electrons. The summed E-state index contributed by atoms with van der Waals surface area (Å²) in [6.07, 6.45) is -0.587. The molecule has 4 heterocycles. The molecule has 4 aromatic rings. The van der Waals surface area contributed by atoms with Crippen molar-refractivity contribution >= 4 is 22.8 Å². The zero-order valence-electron chi connectivity index (χ0n) is 18.4. The molecular weight excluding hydrogens is 461 g/mol. The normalized spacial score (nSPS) is 13.6. The van der Waals surface area contributed by atoms with Crippen molar-refractivity contribution < 1.29 is 23.1 Å². The quantitative estimate of drug-likeness (QED) is 0.380. The van der Waals surface area contributed by atoms with Crippen molar-refractivity contribution in [2.24, 2.45) is 0 Å². The summed E-state index contributed by atoms with van der Waals surface area (Å²) in [5, 5.41) is 13.8. The molecule has 11 heteroatoms. The third kappa shape index (κ3) is 4.61. The highest BCUT2D eigenvalue weighted by Crippen LogP contribution is 2.32. The van der Waals surface area contributed by atoms with Gasteiger partial charge in [-0.2, -0.15) is 13.2 Å². The summed E-state index contributed by atoms with van der Waals surface area (Å²) in [4.78, 5) is 28.6. The number of pyridine rings is 1. The Hall–Kier alpha value is -4.15. The van der Waals surface area contributed by atoms with Crippen LogP contribution in [0, 0.1) is 0 Å². The first-order chi connectivity index (χ1) is 16.8. The summed E-state index contributed by atoms with van der Waals surface area (Å²) in [7, 11) is 0. The van der Waals surface area contributed by atoms with Crippen LogP contribution in [0.5, 0.6) is 0 Å². The smallest absolute Gasteiger partial charge is 0.417 e. The number of aromatic amines is 1. The summed E-state index contributed by atoms with van der Waals surface area (Å²) >= 11 is 0. The van der Waals surface area contributed by atoms with Crippen LogP contribution in [0.4, 0.5) is 23.8 Å². The monoisotopic (exact) mass is 482 g/mol. The minimum absolute atomic E-state index is 0.0315. The maximum absolute atomic E-state index is 13.2. The van der Waals surface area contributed by atoms with Gasteiger partial charge in [-0.05, 0) is 30.5 Å². The van der Waals surface area contributed by atoms with Crippen LogP contribution in [0.15, 0.2) is 48.9 Å². The summed E-state index contributed by atoms with van der Waals surface area (Å²) in [5.74, 6) is 0.552. The number of carboxylic acid groups (broad SMARTS) is 1. The molecule has 3 aromatic heterocycles. The van der Waals surface area contributed by atoms with E-state index in [0.717, 1.165) is 34.3 Å². The van der Waals surface area contributed by atoms with E-state index in [2.05, 4.69) is 25.3 Å². The lowest BCUT2D eigenvalue weighted by Crippen LogP contribution is -2.36. The molecule has 0 fully saturated rings. The van der Waals surface area contributed by atoms with Gasteiger partial charge in [-0.15, -0.1) is 0 Å². The molecule has 1 aromatic carbocycles. The highest BCUT2D eigenvalue weighted by molar-refractivity contribution is 5.83. The fourth-order valence-electron chi connectivity index (χ4n) is 4.24. The van der Waals surface area contributed by atoms with Crippen LogP contribution in [0.1, 0.15) is 22.4 Å². The van der Waals surface area contributed by atoms with Crippen LogP contribution in [0.3, 0.4) is 0 Å². The highest BCUT2D eigenvalue weighted by Gasteiger charge is 2.32. The summed E-state index contributed by atoms with van der Waals surface area (Å²) < 4.78 is 39.7. The Bertz CT molecular complexity index is 1400. The minimum Gasteiger partial charge on any atom is -0.465 e. The number of halogens is 3.